The highest BCUT2D eigenvalue weighted by Crippen LogP contribution is 2.32. The molecule has 0 bridgehead atoms. The van der Waals surface area contributed by atoms with Crippen LogP contribution in [0.5, 0.6) is 0 Å². The lowest BCUT2D eigenvalue weighted by molar-refractivity contribution is -0.145. The third-order valence-electron chi connectivity index (χ3n) is 6.55. The molecule has 1 aliphatic heterocycles. The van der Waals surface area contributed by atoms with Crippen LogP contribution in [0.25, 0.3) is 11.0 Å². The van der Waals surface area contributed by atoms with E-state index in [1.807, 2.05) is 12.3 Å². The van der Waals surface area contributed by atoms with Gasteiger partial charge in [-0.15, -0.1) is 0 Å². The lowest BCUT2D eigenvalue weighted by Crippen LogP contribution is -2.56. The molecule has 1 saturated heterocycles. The number of piperidine rings is 1. The normalized spacial score (nSPS) is 25.6. The fraction of sp³-hybridized carbons (Fsp3) is 0.636. The van der Waals surface area contributed by atoms with Crippen LogP contribution in [-0.4, -0.2) is 56.7 Å². The van der Waals surface area contributed by atoms with Crippen LogP contribution in [0.3, 0.4) is 0 Å². The molecule has 2 N–H and O–H groups in total. The minimum atomic E-state index is -1.19. The molecule has 6 nitrogen and oxygen atoms in total. The molecule has 2 fully saturated rings. The summed E-state index contributed by atoms with van der Waals surface area (Å²) < 4.78 is 2.28. The van der Waals surface area contributed by atoms with Crippen molar-refractivity contribution in [1.82, 2.24) is 19.8 Å². The Balaban J connectivity index is 1.30. The molecule has 1 amide bonds. The first-order chi connectivity index (χ1) is 13.6. The summed E-state index contributed by atoms with van der Waals surface area (Å²) >= 11 is 0. The van der Waals surface area contributed by atoms with Gasteiger partial charge in [0.05, 0.1) is 0 Å². The summed E-state index contributed by atoms with van der Waals surface area (Å²) in [6, 6.07) is 6.78. The van der Waals surface area contributed by atoms with Gasteiger partial charge in [0.25, 0.3) is 5.91 Å². The lowest BCUT2D eigenvalue weighted by Gasteiger charge is -2.38. The number of carbonyl (C=O) groups is 1. The number of rotatable bonds is 5. The van der Waals surface area contributed by atoms with Crippen LogP contribution in [-0.2, 0) is 4.79 Å². The third-order valence-corrected chi connectivity index (χ3v) is 6.55. The number of likely N-dealkylation sites (tertiary alicyclic amines) is 1. The maximum Gasteiger partial charge on any atom is 0.252 e. The van der Waals surface area contributed by atoms with Gasteiger partial charge in [-0.25, -0.2) is 4.98 Å². The van der Waals surface area contributed by atoms with Gasteiger partial charge in [0.1, 0.15) is 11.2 Å². The van der Waals surface area contributed by atoms with Crippen LogP contribution in [0.4, 0.5) is 0 Å². The van der Waals surface area contributed by atoms with E-state index in [0.717, 1.165) is 57.4 Å². The average molecular weight is 385 g/mol. The second-order valence-electron chi connectivity index (χ2n) is 8.49. The Labute approximate surface area is 166 Å². The second-order valence-corrected chi connectivity index (χ2v) is 8.49. The Morgan fingerprint density at radius 1 is 1.25 bits per heavy atom. The molecule has 0 atom stereocenters. The minimum absolute atomic E-state index is 0.163. The Morgan fingerprint density at radius 3 is 2.71 bits per heavy atom. The summed E-state index contributed by atoms with van der Waals surface area (Å²) in [5.41, 5.74) is -0.148. The van der Waals surface area contributed by atoms with Crippen LogP contribution in [0.1, 0.15) is 57.9 Å². The number of hydrogen-bond acceptors (Lipinski definition) is 4. The van der Waals surface area contributed by atoms with E-state index in [2.05, 4.69) is 45.0 Å². The number of nitrogens with one attached hydrogen (secondary N) is 1. The number of carbonyl (C=O) groups excluding carboxylic acids is 1. The summed E-state index contributed by atoms with van der Waals surface area (Å²) in [5, 5.41) is 15.1. The first kappa shape index (κ1) is 19.4. The molecule has 0 radical (unpaired) electrons. The number of amides is 1. The molecule has 0 unspecified atom stereocenters. The molecule has 4 rings (SSSR count). The minimum Gasteiger partial charge on any atom is -0.380 e. The molecule has 2 aliphatic rings. The molecule has 2 aromatic heterocycles. The van der Waals surface area contributed by atoms with Crippen LogP contribution < -0.4 is 5.32 Å². The van der Waals surface area contributed by atoms with Crippen LogP contribution in [0, 0.1) is 0 Å². The molecule has 1 aliphatic carbocycles. The van der Waals surface area contributed by atoms with Crippen LogP contribution in [0.15, 0.2) is 30.6 Å². The predicted octanol–water partition coefficient (Wildman–Crippen LogP) is 2.87. The summed E-state index contributed by atoms with van der Waals surface area (Å²) in [4.78, 5) is 19.6. The van der Waals surface area contributed by atoms with E-state index in [-0.39, 0.29) is 11.9 Å². The van der Waals surface area contributed by atoms with Gasteiger partial charge in [-0.2, -0.15) is 0 Å². The third kappa shape index (κ3) is 3.94. The van der Waals surface area contributed by atoms with Crippen molar-refractivity contribution in [2.75, 3.05) is 19.6 Å². The summed E-state index contributed by atoms with van der Waals surface area (Å²) in [5.74, 6) is -0.167. The molecular formula is C22H32N4O2. The number of aliphatic hydroxyl groups is 1. The van der Waals surface area contributed by atoms with Crippen molar-refractivity contribution < 1.29 is 9.90 Å². The summed E-state index contributed by atoms with van der Waals surface area (Å²) in [6.45, 7) is 4.82. The number of nitrogens with zero attached hydrogens (tertiary/aromatic N) is 3. The summed E-state index contributed by atoms with van der Waals surface area (Å²) in [6.07, 6.45) is 10.1. The standard InChI is InChI=1S/C22H32N4O2/c1-2-13-25-15-10-22(28,11-16-25)21(27)24-18-5-7-19(8-6-18)26-14-9-17-4-3-12-23-20(17)26/h3-4,9,12,14,18-19,28H,2,5-8,10-11,13,15-16H2,1H3,(H,24,27). The van der Waals surface area contributed by atoms with E-state index in [0.29, 0.717) is 18.9 Å². The fourth-order valence-corrected chi connectivity index (χ4v) is 4.79. The fourth-order valence-electron chi connectivity index (χ4n) is 4.79. The Hall–Kier alpha value is -1.92. The van der Waals surface area contributed by atoms with Gasteiger partial charge >= 0.3 is 0 Å². The first-order valence-electron chi connectivity index (χ1n) is 10.8. The highest BCUT2D eigenvalue weighted by Gasteiger charge is 2.40. The van der Waals surface area contributed by atoms with Gasteiger partial charge in [-0.05, 0) is 69.7 Å². The zero-order chi connectivity index (χ0) is 19.6. The zero-order valence-electron chi connectivity index (χ0n) is 16.8. The average Bonchev–Trinajstić information content (AvgIpc) is 3.15. The van der Waals surface area contributed by atoms with E-state index in [1.165, 1.54) is 5.39 Å². The summed E-state index contributed by atoms with van der Waals surface area (Å²) in [7, 11) is 0. The largest absolute Gasteiger partial charge is 0.380 e. The van der Waals surface area contributed by atoms with Crippen molar-refractivity contribution in [3.05, 3.63) is 30.6 Å². The number of hydrogen-bond donors (Lipinski definition) is 2. The van der Waals surface area contributed by atoms with Crippen LogP contribution in [0.2, 0.25) is 0 Å². The van der Waals surface area contributed by atoms with Crippen molar-refractivity contribution in [3.63, 3.8) is 0 Å². The molecule has 6 heteroatoms. The Bertz CT molecular complexity index is 802. The quantitative estimate of drug-likeness (QED) is 0.832. The topological polar surface area (TPSA) is 70.4 Å². The van der Waals surface area contributed by atoms with Gasteiger partial charge in [0.15, 0.2) is 0 Å². The number of pyridine rings is 1. The van der Waals surface area contributed by atoms with Gasteiger partial charge in [0.2, 0.25) is 0 Å². The molecule has 1 saturated carbocycles. The molecule has 2 aromatic rings. The lowest BCUT2D eigenvalue weighted by atomic mass is 9.87. The SMILES string of the molecule is CCCN1CCC(O)(C(=O)NC2CCC(n3ccc4cccnc43)CC2)CC1. The monoisotopic (exact) mass is 384 g/mol. The van der Waals surface area contributed by atoms with E-state index in [4.69, 9.17) is 0 Å². The number of aromatic nitrogens is 2. The van der Waals surface area contributed by atoms with Crippen molar-refractivity contribution in [2.24, 2.45) is 0 Å². The van der Waals surface area contributed by atoms with Gasteiger partial charge in [0, 0.05) is 43.0 Å². The second kappa shape index (κ2) is 8.21. The van der Waals surface area contributed by atoms with Gasteiger partial charge in [-0.3, -0.25) is 4.79 Å². The van der Waals surface area contributed by atoms with Gasteiger partial charge < -0.3 is 19.9 Å². The van der Waals surface area contributed by atoms with E-state index >= 15 is 0 Å². The Morgan fingerprint density at radius 2 is 2.00 bits per heavy atom. The highest BCUT2D eigenvalue weighted by molar-refractivity contribution is 5.85. The maximum atomic E-state index is 12.7. The molecule has 0 aromatic carbocycles. The van der Waals surface area contributed by atoms with Crippen molar-refractivity contribution in [2.45, 2.75) is 69.6 Å². The zero-order valence-corrected chi connectivity index (χ0v) is 16.8. The Kier molecular flexibility index (Phi) is 5.69. The highest BCUT2D eigenvalue weighted by atomic mass is 16.3. The molecule has 28 heavy (non-hydrogen) atoms. The molecule has 3 heterocycles. The van der Waals surface area contributed by atoms with E-state index < -0.39 is 5.60 Å². The van der Waals surface area contributed by atoms with Gasteiger partial charge in [-0.1, -0.05) is 6.92 Å². The number of fused-ring (bicyclic) bond motifs is 1. The maximum absolute atomic E-state index is 12.7. The van der Waals surface area contributed by atoms with E-state index in [1.54, 1.807) is 0 Å². The molecular weight excluding hydrogens is 352 g/mol. The van der Waals surface area contributed by atoms with Crippen molar-refractivity contribution >= 4 is 16.9 Å². The predicted molar refractivity (Wildman–Crippen MR) is 110 cm³/mol. The molecule has 0 spiro atoms. The smallest absolute Gasteiger partial charge is 0.252 e. The van der Waals surface area contributed by atoms with Crippen LogP contribution >= 0.6 is 0 Å². The van der Waals surface area contributed by atoms with E-state index in [9.17, 15) is 9.90 Å². The van der Waals surface area contributed by atoms with Crippen molar-refractivity contribution in [1.29, 1.82) is 0 Å². The molecule has 152 valence electrons. The van der Waals surface area contributed by atoms with Crippen molar-refractivity contribution in [3.8, 4) is 0 Å². The first-order valence-corrected chi connectivity index (χ1v) is 10.8.